The Bertz CT molecular complexity index is 598. The standard InChI is InChI=1S/C26H45NO4/c1-4-5-13-26(2,30)14-9-11-22-23-18-20(17-21(23)19-24(22)28)10-7-6-8-15-27-16-12-25(29)31-3/h9,11,17,21-24,27-28,30H,4-8,10,12-16,18-19H2,1-3H3/b11-9+/t21-,22+,23-,24+,26-/m0/s1. The van der Waals surface area contributed by atoms with Crippen molar-refractivity contribution in [3.8, 4) is 0 Å². The van der Waals surface area contributed by atoms with Gasteiger partial charge in [0, 0.05) is 12.5 Å². The van der Waals surface area contributed by atoms with Crippen LogP contribution in [0.25, 0.3) is 0 Å². The van der Waals surface area contributed by atoms with Gasteiger partial charge in [0.05, 0.1) is 25.2 Å². The average molecular weight is 436 g/mol. The summed E-state index contributed by atoms with van der Waals surface area (Å²) in [6.45, 7) is 5.70. The first-order valence-corrected chi connectivity index (χ1v) is 12.4. The summed E-state index contributed by atoms with van der Waals surface area (Å²) >= 11 is 0. The Morgan fingerprint density at radius 1 is 1.29 bits per heavy atom. The number of fused-ring (bicyclic) bond motifs is 1. The Kier molecular flexibility index (Phi) is 11.3. The molecule has 0 radical (unpaired) electrons. The number of hydrogen-bond acceptors (Lipinski definition) is 5. The number of allylic oxidation sites excluding steroid dienone is 2. The topological polar surface area (TPSA) is 78.8 Å². The van der Waals surface area contributed by atoms with E-state index >= 15 is 0 Å². The van der Waals surface area contributed by atoms with E-state index in [4.69, 9.17) is 0 Å². The molecule has 0 spiro atoms. The molecule has 0 amide bonds. The number of ether oxygens (including phenoxy) is 1. The third kappa shape index (κ3) is 9.07. The first-order valence-electron chi connectivity index (χ1n) is 12.4. The SMILES string of the molecule is CCCC[C@](C)(O)C/C=C/[C@@H]1[C@H]2CC(CCCCCNCCC(=O)OC)=C[C@H]2C[C@H]1O. The number of aliphatic hydroxyl groups excluding tert-OH is 1. The van der Waals surface area contributed by atoms with Gasteiger partial charge in [0.2, 0.25) is 0 Å². The van der Waals surface area contributed by atoms with Gasteiger partial charge < -0.3 is 20.3 Å². The van der Waals surface area contributed by atoms with E-state index in [9.17, 15) is 15.0 Å². The van der Waals surface area contributed by atoms with Crippen molar-refractivity contribution in [1.82, 2.24) is 5.32 Å². The maximum atomic E-state index is 11.1. The molecule has 0 unspecified atom stereocenters. The van der Waals surface area contributed by atoms with Crippen LogP contribution in [0, 0.1) is 17.8 Å². The molecule has 5 nitrogen and oxygen atoms in total. The van der Waals surface area contributed by atoms with Crippen molar-refractivity contribution in [3.63, 3.8) is 0 Å². The molecular formula is C26H45NO4. The van der Waals surface area contributed by atoms with E-state index in [1.165, 1.54) is 20.0 Å². The van der Waals surface area contributed by atoms with Crippen molar-refractivity contribution in [2.75, 3.05) is 20.2 Å². The molecule has 0 bridgehead atoms. The van der Waals surface area contributed by atoms with Crippen LogP contribution in [-0.4, -0.2) is 48.1 Å². The van der Waals surface area contributed by atoms with E-state index in [2.05, 4.69) is 35.2 Å². The minimum atomic E-state index is -0.636. The molecule has 0 heterocycles. The Morgan fingerprint density at radius 2 is 2.10 bits per heavy atom. The molecule has 5 heteroatoms. The summed E-state index contributed by atoms with van der Waals surface area (Å²) in [5.74, 6) is 1.10. The Hall–Kier alpha value is -1.17. The van der Waals surface area contributed by atoms with E-state index in [1.807, 2.05) is 6.92 Å². The zero-order chi connectivity index (χ0) is 22.7. The monoisotopic (exact) mass is 435 g/mol. The van der Waals surface area contributed by atoms with Crippen molar-refractivity contribution in [2.24, 2.45) is 17.8 Å². The lowest BCUT2D eigenvalue weighted by Crippen LogP contribution is -2.23. The number of aliphatic hydroxyl groups is 2. The summed E-state index contributed by atoms with van der Waals surface area (Å²) < 4.78 is 4.63. The number of rotatable bonds is 15. The van der Waals surface area contributed by atoms with Crippen LogP contribution in [0.3, 0.4) is 0 Å². The predicted octanol–water partition coefficient (Wildman–Crippen LogP) is 4.53. The lowest BCUT2D eigenvalue weighted by molar-refractivity contribution is -0.140. The summed E-state index contributed by atoms with van der Waals surface area (Å²) in [6, 6.07) is 0. The van der Waals surface area contributed by atoms with Gasteiger partial charge in [0.25, 0.3) is 0 Å². The number of esters is 1. The number of methoxy groups -OCH3 is 1. The highest BCUT2D eigenvalue weighted by atomic mass is 16.5. The third-order valence-electron chi connectivity index (χ3n) is 7.02. The average Bonchev–Trinajstić information content (AvgIpc) is 3.25. The Balaban J connectivity index is 1.64. The van der Waals surface area contributed by atoms with Crippen LogP contribution in [0.2, 0.25) is 0 Å². The smallest absolute Gasteiger partial charge is 0.306 e. The van der Waals surface area contributed by atoms with Gasteiger partial charge >= 0.3 is 5.97 Å². The number of unbranched alkanes of at least 4 members (excludes halogenated alkanes) is 3. The van der Waals surface area contributed by atoms with E-state index in [-0.39, 0.29) is 18.0 Å². The van der Waals surface area contributed by atoms with E-state index in [0.29, 0.717) is 31.2 Å². The summed E-state index contributed by atoms with van der Waals surface area (Å²) in [5, 5.41) is 24.3. The second-order valence-electron chi connectivity index (χ2n) is 9.86. The van der Waals surface area contributed by atoms with Crippen molar-refractivity contribution < 1.29 is 19.7 Å². The minimum absolute atomic E-state index is 0.161. The fourth-order valence-electron chi connectivity index (χ4n) is 5.13. The summed E-state index contributed by atoms with van der Waals surface area (Å²) in [7, 11) is 1.42. The molecule has 178 valence electrons. The molecule has 0 aromatic rings. The normalized spacial score (nSPS) is 27.3. The highest BCUT2D eigenvalue weighted by Gasteiger charge is 2.43. The predicted molar refractivity (Wildman–Crippen MR) is 126 cm³/mol. The Labute approximate surface area is 189 Å². The molecular weight excluding hydrogens is 390 g/mol. The third-order valence-corrected chi connectivity index (χ3v) is 7.02. The van der Waals surface area contributed by atoms with Crippen molar-refractivity contribution in [3.05, 3.63) is 23.8 Å². The van der Waals surface area contributed by atoms with Crippen LogP contribution in [0.1, 0.15) is 84.5 Å². The lowest BCUT2D eigenvalue weighted by atomic mass is 9.87. The van der Waals surface area contributed by atoms with Crippen LogP contribution in [0.15, 0.2) is 23.8 Å². The van der Waals surface area contributed by atoms with Crippen LogP contribution < -0.4 is 5.32 Å². The lowest BCUT2D eigenvalue weighted by Gasteiger charge is -2.22. The maximum absolute atomic E-state index is 11.1. The van der Waals surface area contributed by atoms with Crippen molar-refractivity contribution in [1.29, 1.82) is 0 Å². The van der Waals surface area contributed by atoms with E-state index in [1.54, 1.807) is 5.57 Å². The summed E-state index contributed by atoms with van der Waals surface area (Å²) in [5.41, 5.74) is 0.928. The molecule has 0 saturated heterocycles. The fourth-order valence-corrected chi connectivity index (χ4v) is 5.13. The first-order chi connectivity index (χ1) is 14.9. The van der Waals surface area contributed by atoms with Gasteiger partial charge in [0.15, 0.2) is 0 Å². The quantitative estimate of drug-likeness (QED) is 0.200. The largest absolute Gasteiger partial charge is 0.469 e. The van der Waals surface area contributed by atoms with Crippen LogP contribution in [0.5, 0.6) is 0 Å². The van der Waals surface area contributed by atoms with E-state index in [0.717, 1.165) is 51.5 Å². The summed E-state index contributed by atoms with van der Waals surface area (Å²) in [4.78, 5) is 11.1. The Morgan fingerprint density at radius 3 is 2.84 bits per heavy atom. The zero-order valence-corrected chi connectivity index (χ0v) is 19.9. The first kappa shape index (κ1) is 26.1. The highest BCUT2D eigenvalue weighted by Crippen LogP contribution is 2.48. The molecule has 2 rings (SSSR count). The number of carbonyl (C=O) groups excluding carboxylic acids is 1. The van der Waals surface area contributed by atoms with Gasteiger partial charge in [-0.25, -0.2) is 0 Å². The number of nitrogens with one attached hydrogen (secondary N) is 1. The van der Waals surface area contributed by atoms with Crippen molar-refractivity contribution >= 4 is 5.97 Å². The molecule has 5 atom stereocenters. The van der Waals surface area contributed by atoms with Crippen molar-refractivity contribution in [2.45, 2.75) is 96.2 Å². The van der Waals surface area contributed by atoms with E-state index < -0.39 is 5.60 Å². The van der Waals surface area contributed by atoms with Gasteiger partial charge in [0.1, 0.15) is 0 Å². The second-order valence-corrected chi connectivity index (χ2v) is 9.86. The molecule has 2 aliphatic rings. The van der Waals surface area contributed by atoms with Crippen LogP contribution >= 0.6 is 0 Å². The van der Waals surface area contributed by atoms with Crippen LogP contribution in [-0.2, 0) is 9.53 Å². The number of hydrogen-bond donors (Lipinski definition) is 3. The second kappa shape index (κ2) is 13.4. The van der Waals surface area contributed by atoms with Gasteiger partial charge in [-0.15, -0.1) is 0 Å². The van der Waals surface area contributed by atoms with Gasteiger partial charge in [-0.3, -0.25) is 4.79 Å². The molecule has 1 saturated carbocycles. The maximum Gasteiger partial charge on any atom is 0.306 e. The molecule has 2 aliphatic carbocycles. The molecule has 0 aromatic carbocycles. The van der Waals surface area contributed by atoms with Gasteiger partial charge in [-0.05, 0) is 70.3 Å². The molecule has 0 aliphatic heterocycles. The fraction of sp³-hybridized carbons (Fsp3) is 0.808. The van der Waals surface area contributed by atoms with Gasteiger partial charge in [-0.2, -0.15) is 0 Å². The summed E-state index contributed by atoms with van der Waals surface area (Å²) in [6.07, 6.45) is 17.2. The number of carbonyl (C=O) groups is 1. The van der Waals surface area contributed by atoms with Crippen LogP contribution in [0.4, 0.5) is 0 Å². The molecule has 31 heavy (non-hydrogen) atoms. The molecule has 3 N–H and O–H groups in total. The minimum Gasteiger partial charge on any atom is -0.469 e. The molecule has 0 aromatic heterocycles. The zero-order valence-electron chi connectivity index (χ0n) is 19.9. The molecule has 1 fully saturated rings. The van der Waals surface area contributed by atoms with Gasteiger partial charge in [-0.1, -0.05) is 50.0 Å². The highest BCUT2D eigenvalue weighted by molar-refractivity contribution is 5.69.